The number of hydrogen-bond acceptors (Lipinski definition) is 3. The van der Waals surface area contributed by atoms with Crippen LogP contribution in [0, 0.1) is 0 Å². The summed E-state index contributed by atoms with van der Waals surface area (Å²) in [4.78, 5) is 11.6. The number of ether oxygens (including phenoxy) is 2. The lowest BCUT2D eigenvalue weighted by Crippen LogP contribution is -2.29. The van der Waals surface area contributed by atoms with E-state index in [9.17, 15) is 4.79 Å². The molecule has 0 aliphatic carbocycles. The van der Waals surface area contributed by atoms with Crippen LogP contribution in [0.25, 0.3) is 0 Å². The standard InChI is InChI=1S/C13H20N2O3/c1-4-5-8-14-13(16)15-11-9-10(17-2)6-7-12(11)18-3/h6-7,9H,4-5,8H2,1-3H3,(H2,14,15,16). The molecule has 5 heteroatoms. The third-order valence-electron chi connectivity index (χ3n) is 2.47. The van der Waals surface area contributed by atoms with Gasteiger partial charge < -0.3 is 20.1 Å². The van der Waals surface area contributed by atoms with Crippen LogP contribution in [0.3, 0.4) is 0 Å². The van der Waals surface area contributed by atoms with Crippen molar-refractivity contribution in [2.75, 3.05) is 26.1 Å². The Hall–Kier alpha value is -1.91. The molecule has 0 atom stereocenters. The third kappa shape index (κ3) is 4.16. The predicted octanol–water partition coefficient (Wildman–Crippen LogP) is 2.63. The third-order valence-corrected chi connectivity index (χ3v) is 2.47. The number of carbonyl (C=O) groups excluding carboxylic acids is 1. The number of urea groups is 1. The van der Waals surface area contributed by atoms with Gasteiger partial charge in [-0.1, -0.05) is 13.3 Å². The maximum Gasteiger partial charge on any atom is 0.319 e. The fourth-order valence-electron chi connectivity index (χ4n) is 1.46. The fourth-order valence-corrected chi connectivity index (χ4v) is 1.46. The van der Waals surface area contributed by atoms with Gasteiger partial charge in [-0.2, -0.15) is 0 Å². The summed E-state index contributed by atoms with van der Waals surface area (Å²) in [6.07, 6.45) is 2.01. The summed E-state index contributed by atoms with van der Waals surface area (Å²) in [6.45, 7) is 2.74. The molecule has 0 aromatic heterocycles. The molecule has 0 radical (unpaired) electrons. The van der Waals surface area contributed by atoms with Crippen LogP contribution >= 0.6 is 0 Å². The minimum absolute atomic E-state index is 0.241. The molecule has 0 unspecified atom stereocenters. The average molecular weight is 252 g/mol. The molecular formula is C13H20N2O3. The molecule has 100 valence electrons. The molecule has 2 amide bonds. The number of hydrogen-bond donors (Lipinski definition) is 2. The van der Waals surface area contributed by atoms with Gasteiger partial charge in [0.15, 0.2) is 0 Å². The van der Waals surface area contributed by atoms with Gasteiger partial charge in [0.1, 0.15) is 11.5 Å². The minimum atomic E-state index is -0.241. The van der Waals surface area contributed by atoms with E-state index < -0.39 is 0 Å². The van der Waals surface area contributed by atoms with Crippen LogP contribution in [0.5, 0.6) is 11.5 Å². The van der Waals surface area contributed by atoms with Crippen molar-refractivity contribution in [3.05, 3.63) is 18.2 Å². The fraction of sp³-hybridized carbons (Fsp3) is 0.462. The van der Waals surface area contributed by atoms with Crippen molar-refractivity contribution >= 4 is 11.7 Å². The summed E-state index contributed by atoms with van der Waals surface area (Å²) in [5.74, 6) is 1.26. The van der Waals surface area contributed by atoms with E-state index in [0.717, 1.165) is 12.8 Å². The highest BCUT2D eigenvalue weighted by Gasteiger charge is 2.08. The topological polar surface area (TPSA) is 59.6 Å². The highest BCUT2D eigenvalue weighted by molar-refractivity contribution is 5.91. The molecule has 0 fully saturated rings. The van der Waals surface area contributed by atoms with E-state index in [4.69, 9.17) is 9.47 Å². The molecule has 5 nitrogen and oxygen atoms in total. The largest absolute Gasteiger partial charge is 0.497 e. The molecule has 1 aromatic carbocycles. The predicted molar refractivity (Wildman–Crippen MR) is 71.5 cm³/mol. The van der Waals surface area contributed by atoms with Gasteiger partial charge in [-0.15, -0.1) is 0 Å². The Morgan fingerprint density at radius 3 is 2.67 bits per heavy atom. The van der Waals surface area contributed by atoms with Gasteiger partial charge in [0.05, 0.1) is 19.9 Å². The number of nitrogens with one attached hydrogen (secondary N) is 2. The summed E-state index contributed by atoms with van der Waals surface area (Å²) in [5.41, 5.74) is 0.589. The lowest BCUT2D eigenvalue weighted by Gasteiger charge is -2.12. The number of methoxy groups -OCH3 is 2. The Labute approximate surface area is 107 Å². The molecule has 0 spiro atoms. The zero-order valence-corrected chi connectivity index (χ0v) is 11.1. The Balaban J connectivity index is 2.66. The van der Waals surface area contributed by atoms with Crippen molar-refractivity contribution in [3.63, 3.8) is 0 Å². The van der Waals surface area contributed by atoms with Gasteiger partial charge in [-0.3, -0.25) is 0 Å². The lowest BCUT2D eigenvalue weighted by atomic mass is 10.2. The van der Waals surface area contributed by atoms with Gasteiger partial charge in [0, 0.05) is 12.6 Å². The van der Waals surface area contributed by atoms with E-state index in [-0.39, 0.29) is 6.03 Å². The van der Waals surface area contributed by atoms with Gasteiger partial charge in [-0.05, 0) is 18.6 Å². The molecule has 0 aliphatic rings. The van der Waals surface area contributed by atoms with E-state index in [0.29, 0.717) is 23.7 Å². The molecule has 1 rings (SSSR count). The van der Waals surface area contributed by atoms with Crippen LogP contribution in [-0.2, 0) is 0 Å². The van der Waals surface area contributed by atoms with Crippen LogP contribution in [0.2, 0.25) is 0 Å². The SMILES string of the molecule is CCCCNC(=O)Nc1cc(OC)ccc1OC. The van der Waals surface area contributed by atoms with Crippen LogP contribution < -0.4 is 20.1 Å². The molecule has 1 aromatic rings. The average Bonchev–Trinajstić information content (AvgIpc) is 2.39. The number of anilines is 1. The summed E-state index contributed by atoms with van der Waals surface area (Å²) in [5, 5.41) is 5.51. The highest BCUT2D eigenvalue weighted by atomic mass is 16.5. The molecule has 0 bridgehead atoms. The zero-order valence-electron chi connectivity index (χ0n) is 11.1. The molecular weight excluding hydrogens is 232 g/mol. The number of amides is 2. The van der Waals surface area contributed by atoms with Crippen molar-refractivity contribution in [3.8, 4) is 11.5 Å². The van der Waals surface area contributed by atoms with Crippen molar-refractivity contribution in [1.82, 2.24) is 5.32 Å². The quantitative estimate of drug-likeness (QED) is 0.765. The summed E-state index contributed by atoms with van der Waals surface area (Å²) >= 11 is 0. The van der Waals surface area contributed by atoms with E-state index in [1.165, 1.54) is 0 Å². The highest BCUT2D eigenvalue weighted by Crippen LogP contribution is 2.28. The van der Waals surface area contributed by atoms with E-state index in [1.807, 2.05) is 0 Å². The maximum atomic E-state index is 11.6. The number of benzene rings is 1. The first-order chi connectivity index (χ1) is 8.71. The Morgan fingerprint density at radius 1 is 1.28 bits per heavy atom. The van der Waals surface area contributed by atoms with Gasteiger partial charge in [0.2, 0.25) is 0 Å². The first kappa shape index (κ1) is 14.2. The van der Waals surface area contributed by atoms with Crippen molar-refractivity contribution < 1.29 is 14.3 Å². The zero-order chi connectivity index (χ0) is 13.4. The number of carbonyl (C=O) groups is 1. The van der Waals surface area contributed by atoms with Crippen LogP contribution in [-0.4, -0.2) is 26.8 Å². The lowest BCUT2D eigenvalue weighted by molar-refractivity contribution is 0.252. The van der Waals surface area contributed by atoms with Crippen LogP contribution in [0.1, 0.15) is 19.8 Å². The van der Waals surface area contributed by atoms with Crippen molar-refractivity contribution in [2.24, 2.45) is 0 Å². The summed E-state index contributed by atoms with van der Waals surface area (Å²) < 4.78 is 10.3. The van der Waals surface area contributed by atoms with E-state index in [2.05, 4.69) is 17.6 Å². The number of unbranched alkanes of at least 4 members (excludes halogenated alkanes) is 1. The molecule has 0 heterocycles. The first-order valence-electron chi connectivity index (χ1n) is 5.98. The van der Waals surface area contributed by atoms with E-state index >= 15 is 0 Å². The summed E-state index contributed by atoms with van der Waals surface area (Å²) in [6, 6.07) is 5.01. The van der Waals surface area contributed by atoms with Crippen LogP contribution in [0.4, 0.5) is 10.5 Å². The first-order valence-corrected chi connectivity index (χ1v) is 5.98. The summed E-state index contributed by atoms with van der Waals surface area (Å²) in [7, 11) is 3.13. The molecule has 0 aliphatic heterocycles. The molecule has 18 heavy (non-hydrogen) atoms. The van der Waals surface area contributed by atoms with Crippen molar-refractivity contribution in [1.29, 1.82) is 0 Å². The Morgan fingerprint density at radius 2 is 2.06 bits per heavy atom. The Bertz CT molecular complexity index is 394. The van der Waals surface area contributed by atoms with Gasteiger partial charge in [0.25, 0.3) is 0 Å². The Kier molecular flexibility index (Phi) is 5.84. The molecule has 2 N–H and O–H groups in total. The monoisotopic (exact) mass is 252 g/mol. The van der Waals surface area contributed by atoms with E-state index in [1.54, 1.807) is 32.4 Å². The van der Waals surface area contributed by atoms with Gasteiger partial charge >= 0.3 is 6.03 Å². The van der Waals surface area contributed by atoms with Crippen LogP contribution in [0.15, 0.2) is 18.2 Å². The normalized spacial score (nSPS) is 9.72. The van der Waals surface area contributed by atoms with Crippen molar-refractivity contribution in [2.45, 2.75) is 19.8 Å². The molecule has 0 saturated carbocycles. The maximum absolute atomic E-state index is 11.6. The number of rotatable bonds is 6. The van der Waals surface area contributed by atoms with Gasteiger partial charge in [-0.25, -0.2) is 4.79 Å². The second-order valence-corrected chi connectivity index (χ2v) is 3.80. The second-order valence-electron chi connectivity index (χ2n) is 3.80. The minimum Gasteiger partial charge on any atom is -0.497 e. The molecule has 0 saturated heterocycles. The smallest absolute Gasteiger partial charge is 0.319 e. The second kappa shape index (κ2) is 7.42.